The number of amides is 2. The number of nitrogens with two attached hydrogens (primary N) is 1. The third-order valence-electron chi connectivity index (χ3n) is 4.65. The van der Waals surface area contributed by atoms with E-state index in [1.54, 1.807) is 0 Å². The fourth-order valence-electron chi connectivity index (χ4n) is 3.36. The molecule has 0 aliphatic carbocycles. The molecular formula is C18H21F2N4O2S+. The average molecular weight is 395 g/mol. The minimum absolute atomic E-state index is 0.0380. The van der Waals surface area contributed by atoms with Gasteiger partial charge in [0.15, 0.2) is 5.13 Å². The van der Waals surface area contributed by atoms with Crippen LogP contribution in [0.5, 0.6) is 0 Å². The second-order valence-corrected chi connectivity index (χ2v) is 7.53. The van der Waals surface area contributed by atoms with Gasteiger partial charge in [0.1, 0.15) is 23.9 Å². The maximum Gasteiger partial charge on any atom is 0.230 e. The number of halogens is 2. The smallest absolute Gasteiger partial charge is 0.230 e. The summed E-state index contributed by atoms with van der Waals surface area (Å²) in [6.45, 7) is 3.47. The van der Waals surface area contributed by atoms with E-state index < -0.39 is 17.5 Å². The van der Waals surface area contributed by atoms with Crippen molar-refractivity contribution in [2.45, 2.75) is 26.3 Å². The Morgan fingerprint density at radius 3 is 2.85 bits per heavy atom. The Labute approximate surface area is 159 Å². The van der Waals surface area contributed by atoms with Gasteiger partial charge < -0.3 is 10.6 Å². The van der Waals surface area contributed by atoms with Gasteiger partial charge in [-0.2, -0.15) is 0 Å². The van der Waals surface area contributed by atoms with E-state index in [1.807, 2.05) is 5.38 Å². The number of thiazole rings is 1. The monoisotopic (exact) mass is 395 g/mol. The molecule has 3 N–H and O–H groups in total. The Morgan fingerprint density at radius 2 is 2.19 bits per heavy atom. The highest BCUT2D eigenvalue weighted by Gasteiger charge is 2.28. The zero-order valence-corrected chi connectivity index (χ0v) is 15.7. The number of likely N-dealkylation sites (tertiary alicyclic amines) is 1. The maximum atomic E-state index is 14.1. The summed E-state index contributed by atoms with van der Waals surface area (Å²) in [5.74, 6) is -2.36. The van der Waals surface area contributed by atoms with E-state index in [1.165, 1.54) is 29.2 Å². The molecule has 2 heterocycles. The number of carbonyl (C=O) groups excluding carboxylic acids is 2. The fraction of sp³-hybridized carbons (Fsp3) is 0.389. The van der Waals surface area contributed by atoms with Crippen molar-refractivity contribution in [1.29, 1.82) is 0 Å². The molecule has 0 bridgehead atoms. The zero-order valence-electron chi connectivity index (χ0n) is 14.9. The molecule has 1 aliphatic rings. The van der Waals surface area contributed by atoms with Gasteiger partial charge in [0, 0.05) is 18.4 Å². The SMILES string of the molecule is CC(=O)N(c1nc(C[NH+]2CCC[C@@H](C(N)=O)C2)cs1)c1ccc(F)cc1F. The number of aromatic nitrogens is 1. The van der Waals surface area contributed by atoms with E-state index in [-0.39, 0.29) is 17.5 Å². The topological polar surface area (TPSA) is 80.7 Å². The molecule has 9 heteroatoms. The zero-order chi connectivity index (χ0) is 19.6. The van der Waals surface area contributed by atoms with E-state index in [4.69, 9.17) is 5.73 Å². The lowest BCUT2D eigenvalue weighted by atomic mass is 9.97. The number of piperidine rings is 1. The van der Waals surface area contributed by atoms with Gasteiger partial charge in [-0.25, -0.2) is 13.8 Å². The van der Waals surface area contributed by atoms with Crippen molar-refractivity contribution < 1.29 is 23.3 Å². The summed E-state index contributed by atoms with van der Waals surface area (Å²) in [7, 11) is 0. The van der Waals surface area contributed by atoms with Crippen LogP contribution in [0.25, 0.3) is 0 Å². The van der Waals surface area contributed by atoms with Gasteiger partial charge in [0.2, 0.25) is 11.8 Å². The number of rotatable bonds is 5. The van der Waals surface area contributed by atoms with Crippen LogP contribution >= 0.6 is 11.3 Å². The van der Waals surface area contributed by atoms with Gasteiger partial charge in [-0.15, -0.1) is 11.3 Å². The van der Waals surface area contributed by atoms with Crippen LogP contribution in [0.15, 0.2) is 23.6 Å². The molecule has 0 radical (unpaired) electrons. The highest BCUT2D eigenvalue weighted by Crippen LogP contribution is 2.31. The van der Waals surface area contributed by atoms with Crippen LogP contribution < -0.4 is 15.5 Å². The number of nitrogens with zero attached hydrogens (tertiary/aromatic N) is 2. The molecule has 27 heavy (non-hydrogen) atoms. The molecular weight excluding hydrogens is 374 g/mol. The van der Waals surface area contributed by atoms with E-state index in [9.17, 15) is 18.4 Å². The lowest BCUT2D eigenvalue weighted by Crippen LogP contribution is -3.12. The highest BCUT2D eigenvalue weighted by atomic mass is 32.1. The van der Waals surface area contributed by atoms with Gasteiger partial charge in [0.25, 0.3) is 0 Å². The van der Waals surface area contributed by atoms with Crippen LogP contribution in [-0.2, 0) is 16.1 Å². The molecule has 144 valence electrons. The molecule has 3 rings (SSSR count). The molecule has 0 spiro atoms. The van der Waals surface area contributed by atoms with Crippen LogP contribution in [-0.4, -0.2) is 29.9 Å². The van der Waals surface area contributed by atoms with Gasteiger partial charge >= 0.3 is 0 Å². The standard InChI is InChI=1S/C18H20F2N4O2S/c1-11(25)24(16-5-4-13(19)7-15(16)20)18-22-14(10-27-18)9-23-6-2-3-12(8-23)17(21)26/h4-5,7,10,12H,2-3,6,8-9H2,1H3,(H2,21,26)/p+1/t12-/m1/s1. The maximum absolute atomic E-state index is 14.1. The Morgan fingerprint density at radius 1 is 1.41 bits per heavy atom. The molecule has 1 unspecified atom stereocenters. The van der Waals surface area contributed by atoms with Gasteiger partial charge in [-0.05, 0) is 25.0 Å². The molecule has 1 aliphatic heterocycles. The lowest BCUT2D eigenvalue weighted by Gasteiger charge is -2.27. The highest BCUT2D eigenvalue weighted by molar-refractivity contribution is 7.14. The van der Waals surface area contributed by atoms with Crippen LogP contribution in [0.2, 0.25) is 0 Å². The van der Waals surface area contributed by atoms with Crippen molar-refractivity contribution in [3.63, 3.8) is 0 Å². The largest absolute Gasteiger partial charge is 0.369 e. The first-order valence-electron chi connectivity index (χ1n) is 8.68. The molecule has 2 amide bonds. The van der Waals surface area contributed by atoms with Crippen LogP contribution in [0.1, 0.15) is 25.5 Å². The Balaban J connectivity index is 1.78. The third kappa shape index (κ3) is 4.48. The number of nitrogens with one attached hydrogen (secondary N) is 1. The Hall–Kier alpha value is -2.39. The first-order chi connectivity index (χ1) is 12.8. The van der Waals surface area contributed by atoms with Crippen molar-refractivity contribution in [3.05, 3.63) is 40.9 Å². The van der Waals surface area contributed by atoms with Crippen LogP contribution in [0.3, 0.4) is 0 Å². The number of quaternary nitrogens is 1. The minimum atomic E-state index is -0.826. The number of carbonyl (C=O) groups is 2. The molecule has 0 saturated carbocycles. The van der Waals surface area contributed by atoms with Gasteiger partial charge in [-0.1, -0.05) is 0 Å². The summed E-state index contributed by atoms with van der Waals surface area (Å²) in [6, 6.07) is 3.06. The van der Waals surface area contributed by atoms with Crippen molar-refractivity contribution in [2.75, 3.05) is 18.0 Å². The van der Waals surface area contributed by atoms with Crippen molar-refractivity contribution in [1.82, 2.24) is 4.98 Å². The summed E-state index contributed by atoms with van der Waals surface area (Å²) < 4.78 is 27.3. The fourth-order valence-corrected chi connectivity index (χ4v) is 4.24. The Kier molecular flexibility index (Phi) is 5.81. The summed E-state index contributed by atoms with van der Waals surface area (Å²) >= 11 is 1.22. The number of benzene rings is 1. The molecule has 6 nitrogen and oxygen atoms in total. The second kappa shape index (κ2) is 8.10. The molecule has 1 aromatic heterocycles. The van der Waals surface area contributed by atoms with E-state index >= 15 is 0 Å². The average Bonchev–Trinajstić information content (AvgIpc) is 3.05. The molecule has 2 aromatic rings. The third-order valence-corrected chi connectivity index (χ3v) is 5.52. The van der Waals surface area contributed by atoms with Crippen molar-refractivity contribution in [3.8, 4) is 0 Å². The summed E-state index contributed by atoms with van der Waals surface area (Å²) in [6.07, 6.45) is 1.73. The van der Waals surface area contributed by atoms with Crippen molar-refractivity contribution in [2.24, 2.45) is 11.7 Å². The number of anilines is 2. The number of hydrogen-bond acceptors (Lipinski definition) is 4. The molecule has 1 aromatic carbocycles. The van der Waals surface area contributed by atoms with E-state index in [0.717, 1.165) is 42.1 Å². The normalized spacial score (nSPS) is 19.7. The second-order valence-electron chi connectivity index (χ2n) is 6.69. The van der Waals surface area contributed by atoms with E-state index in [2.05, 4.69) is 4.98 Å². The first kappa shape index (κ1) is 19.4. The summed E-state index contributed by atoms with van der Waals surface area (Å²) in [5, 5.41) is 2.14. The van der Waals surface area contributed by atoms with E-state index in [0.29, 0.717) is 18.2 Å². The molecule has 1 fully saturated rings. The predicted molar refractivity (Wildman–Crippen MR) is 97.6 cm³/mol. The number of primary amides is 1. The van der Waals surface area contributed by atoms with Crippen LogP contribution in [0, 0.1) is 17.6 Å². The summed E-state index contributed by atoms with van der Waals surface area (Å²) in [4.78, 5) is 30.3. The first-order valence-corrected chi connectivity index (χ1v) is 9.56. The minimum Gasteiger partial charge on any atom is -0.369 e. The summed E-state index contributed by atoms with van der Waals surface area (Å²) in [5.41, 5.74) is 6.13. The number of hydrogen-bond donors (Lipinski definition) is 2. The lowest BCUT2D eigenvalue weighted by molar-refractivity contribution is -0.921. The van der Waals surface area contributed by atoms with Gasteiger partial charge in [0.05, 0.1) is 24.7 Å². The van der Waals surface area contributed by atoms with Gasteiger partial charge in [-0.3, -0.25) is 14.5 Å². The molecule has 2 atom stereocenters. The predicted octanol–water partition coefficient (Wildman–Crippen LogP) is 1.39. The molecule has 1 saturated heterocycles. The Bertz CT molecular complexity index is 858. The van der Waals surface area contributed by atoms with Crippen molar-refractivity contribution >= 4 is 34.0 Å². The van der Waals surface area contributed by atoms with Crippen LogP contribution in [0.4, 0.5) is 19.6 Å². The quantitative estimate of drug-likeness (QED) is 0.803.